The van der Waals surface area contributed by atoms with E-state index in [0.29, 0.717) is 0 Å². The van der Waals surface area contributed by atoms with Crippen molar-refractivity contribution in [2.75, 3.05) is 0 Å². The van der Waals surface area contributed by atoms with Crippen molar-refractivity contribution in [2.45, 2.75) is 188 Å². The van der Waals surface area contributed by atoms with Crippen LogP contribution in [0.5, 0.6) is 0 Å². The van der Waals surface area contributed by atoms with Gasteiger partial charge in [-0.05, 0) is 18.3 Å². The maximum absolute atomic E-state index is 8.52. The Labute approximate surface area is 210 Å². The molecule has 0 aliphatic rings. The van der Waals surface area contributed by atoms with Crippen molar-refractivity contribution in [1.82, 2.24) is 0 Å². The van der Waals surface area contributed by atoms with E-state index in [4.69, 9.17) is 5.26 Å². The van der Waals surface area contributed by atoms with Crippen LogP contribution >= 0.6 is 0 Å². The fourth-order valence-electron chi connectivity index (χ4n) is 5.19. The Kier molecular flexibility index (Phi) is 27.3. The molecule has 0 fully saturated rings. The van der Waals surface area contributed by atoms with Gasteiger partial charge in [-0.25, -0.2) is 0 Å². The van der Waals surface area contributed by atoms with Crippen LogP contribution in [-0.2, 0) is 0 Å². The molecule has 0 aromatic rings. The highest BCUT2D eigenvalue weighted by atomic mass is 14.2. The van der Waals surface area contributed by atoms with E-state index >= 15 is 0 Å². The fraction of sp³-hybridized carbons (Fsp3) is 0.969. The molecular formula is C32H63N. The molecule has 0 saturated carbocycles. The van der Waals surface area contributed by atoms with Crippen molar-refractivity contribution in [3.8, 4) is 6.07 Å². The Balaban J connectivity index is 3.18. The third kappa shape index (κ3) is 27.6. The van der Waals surface area contributed by atoms with Crippen LogP contribution in [0.2, 0.25) is 0 Å². The lowest BCUT2D eigenvalue weighted by Gasteiger charge is -2.14. The highest BCUT2D eigenvalue weighted by Gasteiger charge is 2.06. The van der Waals surface area contributed by atoms with Gasteiger partial charge in [-0.1, -0.05) is 175 Å². The summed E-state index contributed by atoms with van der Waals surface area (Å²) in [6.45, 7) is 7.26. The van der Waals surface area contributed by atoms with E-state index < -0.39 is 0 Å². The van der Waals surface area contributed by atoms with Crippen molar-refractivity contribution in [3.63, 3.8) is 0 Å². The third-order valence-corrected chi connectivity index (χ3v) is 7.68. The Bertz CT molecular complexity index is 396. The van der Waals surface area contributed by atoms with Gasteiger partial charge in [0.2, 0.25) is 0 Å². The molecule has 0 rings (SSSR count). The van der Waals surface area contributed by atoms with E-state index in [2.05, 4.69) is 26.8 Å². The van der Waals surface area contributed by atoms with Crippen LogP contribution in [-0.4, -0.2) is 0 Å². The fourth-order valence-corrected chi connectivity index (χ4v) is 5.19. The van der Waals surface area contributed by atoms with E-state index in [1.807, 2.05) is 0 Å². The molecule has 0 bridgehead atoms. The molecule has 2 unspecified atom stereocenters. The van der Waals surface area contributed by atoms with Crippen molar-refractivity contribution in [1.29, 1.82) is 5.26 Å². The van der Waals surface area contributed by atoms with Crippen molar-refractivity contribution < 1.29 is 0 Å². The number of unbranched alkanes of at least 4 members (excludes halogenated alkanes) is 19. The summed E-state index contributed by atoms with van der Waals surface area (Å²) in [5.41, 5.74) is 0. The molecule has 0 aliphatic heterocycles. The molecule has 0 aromatic carbocycles. The highest BCUT2D eigenvalue weighted by molar-refractivity contribution is 4.67. The van der Waals surface area contributed by atoms with Gasteiger partial charge in [0.1, 0.15) is 0 Å². The lowest BCUT2D eigenvalue weighted by atomic mass is 9.92. The Morgan fingerprint density at radius 1 is 0.424 bits per heavy atom. The molecule has 0 radical (unpaired) electrons. The van der Waals surface area contributed by atoms with Crippen LogP contribution in [0.15, 0.2) is 0 Å². The molecule has 1 heteroatoms. The largest absolute Gasteiger partial charge is 0.198 e. The maximum Gasteiger partial charge on any atom is 0.0621 e. The van der Waals surface area contributed by atoms with E-state index in [9.17, 15) is 0 Å². The van der Waals surface area contributed by atoms with Gasteiger partial charge >= 0.3 is 0 Å². The zero-order valence-electron chi connectivity index (χ0n) is 23.5. The lowest BCUT2D eigenvalue weighted by Crippen LogP contribution is -1.99. The van der Waals surface area contributed by atoms with Crippen LogP contribution in [0.1, 0.15) is 188 Å². The van der Waals surface area contributed by atoms with Gasteiger partial charge < -0.3 is 0 Å². The van der Waals surface area contributed by atoms with Crippen molar-refractivity contribution >= 4 is 0 Å². The number of nitrogens with zero attached hydrogens (tertiary/aromatic N) is 1. The van der Waals surface area contributed by atoms with Gasteiger partial charge in [0.25, 0.3) is 0 Å². The van der Waals surface area contributed by atoms with Gasteiger partial charge in [0.15, 0.2) is 0 Å². The second-order valence-electron chi connectivity index (χ2n) is 11.3. The van der Waals surface area contributed by atoms with Crippen LogP contribution in [0.3, 0.4) is 0 Å². The molecule has 0 aliphatic carbocycles. The standard InChI is InChI=1S/C32H63N/c1-4-5-22-26-31(2)28-25-29-32(3)27-23-20-18-16-14-12-10-8-6-7-9-11-13-15-17-19-21-24-30-33/h31-32H,4-29H2,1-3H3. The van der Waals surface area contributed by atoms with E-state index in [1.165, 1.54) is 154 Å². The van der Waals surface area contributed by atoms with E-state index in [0.717, 1.165) is 24.7 Å². The molecule has 0 spiro atoms. The molecular weight excluding hydrogens is 398 g/mol. The monoisotopic (exact) mass is 461 g/mol. The molecule has 196 valence electrons. The summed E-state index contributed by atoms with van der Waals surface area (Å²) in [6.07, 6.45) is 36.3. The normalized spacial score (nSPS) is 13.2. The lowest BCUT2D eigenvalue weighted by molar-refractivity contribution is 0.392. The van der Waals surface area contributed by atoms with Gasteiger partial charge in [-0.2, -0.15) is 5.26 Å². The number of hydrogen-bond acceptors (Lipinski definition) is 1. The Morgan fingerprint density at radius 2 is 0.727 bits per heavy atom. The van der Waals surface area contributed by atoms with E-state index in [1.54, 1.807) is 0 Å². The van der Waals surface area contributed by atoms with Crippen LogP contribution in [0, 0.1) is 23.2 Å². The predicted molar refractivity (Wildman–Crippen MR) is 150 cm³/mol. The first-order chi connectivity index (χ1) is 16.2. The molecule has 0 aromatic heterocycles. The summed E-state index contributed by atoms with van der Waals surface area (Å²) in [7, 11) is 0. The van der Waals surface area contributed by atoms with Crippen molar-refractivity contribution in [2.24, 2.45) is 11.8 Å². The Morgan fingerprint density at radius 3 is 1.09 bits per heavy atom. The number of nitriles is 1. The average molecular weight is 462 g/mol. The van der Waals surface area contributed by atoms with Gasteiger partial charge in [0.05, 0.1) is 6.07 Å². The summed E-state index contributed by atoms with van der Waals surface area (Å²) in [5, 5.41) is 8.52. The van der Waals surface area contributed by atoms with Crippen LogP contribution in [0.4, 0.5) is 0 Å². The maximum atomic E-state index is 8.52. The number of hydrogen-bond donors (Lipinski definition) is 0. The summed E-state index contributed by atoms with van der Waals surface area (Å²) < 4.78 is 0. The Hall–Kier alpha value is -0.510. The summed E-state index contributed by atoms with van der Waals surface area (Å²) in [6, 6.07) is 2.24. The zero-order chi connectivity index (χ0) is 24.2. The van der Waals surface area contributed by atoms with Crippen molar-refractivity contribution in [3.05, 3.63) is 0 Å². The second-order valence-corrected chi connectivity index (χ2v) is 11.3. The minimum Gasteiger partial charge on any atom is -0.198 e. The third-order valence-electron chi connectivity index (χ3n) is 7.68. The average Bonchev–Trinajstić information content (AvgIpc) is 2.80. The molecule has 1 nitrogen and oxygen atoms in total. The molecule has 0 heterocycles. The minimum atomic E-state index is 0.748. The smallest absolute Gasteiger partial charge is 0.0621 e. The van der Waals surface area contributed by atoms with Gasteiger partial charge in [0, 0.05) is 6.42 Å². The highest BCUT2D eigenvalue weighted by Crippen LogP contribution is 2.21. The molecule has 33 heavy (non-hydrogen) atoms. The van der Waals surface area contributed by atoms with Crippen LogP contribution in [0.25, 0.3) is 0 Å². The SMILES string of the molecule is CCCCCC(C)CCCC(C)CCCCCCCCCCCCCCCCCCCC#N. The first kappa shape index (κ1) is 32.5. The molecule has 0 saturated heterocycles. The topological polar surface area (TPSA) is 23.8 Å². The summed E-state index contributed by atoms with van der Waals surface area (Å²) in [4.78, 5) is 0. The first-order valence-corrected chi connectivity index (χ1v) is 15.6. The van der Waals surface area contributed by atoms with Crippen LogP contribution < -0.4 is 0 Å². The summed E-state index contributed by atoms with van der Waals surface area (Å²) >= 11 is 0. The van der Waals surface area contributed by atoms with Gasteiger partial charge in [-0.3, -0.25) is 0 Å². The molecule has 2 atom stereocenters. The molecule has 0 amide bonds. The number of rotatable bonds is 27. The first-order valence-electron chi connectivity index (χ1n) is 15.6. The quantitative estimate of drug-likeness (QED) is 0.112. The van der Waals surface area contributed by atoms with E-state index in [-0.39, 0.29) is 0 Å². The predicted octanol–water partition coefficient (Wildman–Crippen LogP) is 11.9. The minimum absolute atomic E-state index is 0.748. The van der Waals surface area contributed by atoms with Gasteiger partial charge in [-0.15, -0.1) is 0 Å². The zero-order valence-corrected chi connectivity index (χ0v) is 23.5. The molecule has 0 N–H and O–H groups in total. The second kappa shape index (κ2) is 27.7. The summed E-state index contributed by atoms with van der Waals surface area (Å²) in [5.74, 6) is 1.90.